The number of aliphatic imine (C=N–C) groups is 1. The molecule has 0 aliphatic heterocycles. The van der Waals surface area contributed by atoms with E-state index >= 15 is 0 Å². The normalized spacial score (nSPS) is 12.5. The number of guanidine groups is 1. The molecule has 0 saturated heterocycles. The molecule has 0 fully saturated rings. The van der Waals surface area contributed by atoms with Crippen LogP contribution in [0.2, 0.25) is 0 Å². The third kappa shape index (κ3) is 10.5. The summed E-state index contributed by atoms with van der Waals surface area (Å²) in [6.07, 6.45) is 0.153. The lowest BCUT2D eigenvalue weighted by molar-refractivity contribution is -0.142. The van der Waals surface area contributed by atoms with Gasteiger partial charge in [-0.05, 0) is 19.3 Å². The van der Waals surface area contributed by atoms with E-state index < -0.39 is 35.8 Å². The maximum atomic E-state index is 12.3. The van der Waals surface area contributed by atoms with E-state index in [9.17, 15) is 19.2 Å². The number of primary amides is 1. The lowest BCUT2D eigenvalue weighted by atomic mass is 10.1. The summed E-state index contributed by atoms with van der Waals surface area (Å²) in [5.41, 5.74) is 20.5. The summed E-state index contributed by atoms with van der Waals surface area (Å²) >= 11 is 0. The standard InChI is InChI=1S/C13H25N7O5/c14-6-10(22)19-7(2-1-5-18-13(16)17)11(23)20-8(12(24)25)3-4-9(15)21/h7-8H,1-6,14H2,(H2,15,21)(H,19,22)(H,20,23)(H,24,25)(H4,16,17,18)/t7-,8-/m0/s1. The Kier molecular flexibility index (Phi) is 10.3. The minimum Gasteiger partial charge on any atom is -0.480 e. The Morgan fingerprint density at radius 3 is 2.12 bits per heavy atom. The van der Waals surface area contributed by atoms with Crippen molar-refractivity contribution in [1.29, 1.82) is 0 Å². The van der Waals surface area contributed by atoms with E-state index in [0.717, 1.165) is 0 Å². The van der Waals surface area contributed by atoms with Gasteiger partial charge in [0, 0.05) is 13.0 Å². The van der Waals surface area contributed by atoms with Crippen LogP contribution in [0.25, 0.3) is 0 Å². The Labute approximate surface area is 144 Å². The molecule has 0 radical (unpaired) electrons. The molecule has 0 aromatic rings. The molecule has 0 aliphatic rings. The smallest absolute Gasteiger partial charge is 0.326 e. The third-order valence-electron chi connectivity index (χ3n) is 3.08. The van der Waals surface area contributed by atoms with Gasteiger partial charge in [0.05, 0.1) is 6.54 Å². The average Bonchev–Trinajstić information content (AvgIpc) is 2.52. The molecule has 0 unspecified atom stereocenters. The monoisotopic (exact) mass is 359 g/mol. The highest BCUT2D eigenvalue weighted by atomic mass is 16.4. The van der Waals surface area contributed by atoms with E-state index in [4.69, 9.17) is 28.0 Å². The van der Waals surface area contributed by atoms with Crippen LogP contribution in [0.1, 0.15) is 25.7 Å². The third-order valence-corrected chi connectivity index (χ3v) is 3.08. The maximum absolute atomic E-state index is 12.3. The second-order valence-corrected chi connectivity index (χ2v) is 5.18. The number of hydrogen-bond donors (Lipinski definition) is 7. The molecular formula is C13H25N7O5. The lowest BCUT2D eigenvalue weighted by Gasteiger charge is -2.21. The highest BCUT2D eigenvalue weighted by molar-refractivity contribution is 5.91. The maximum Gasteiger partial charge on any atom is 0.326 e. The summed E-state index contributed by atoms with van der Waals surface area (Å²) in [5, 5.41) is 13.8. The molecule has 3 amide bonds. The molecule has 0 aromatic heterocycles. The van der Waals surface area contributed by atoms with Gasteiger partial charge in [0.2, 0.25) is 17.7 Å². The van der Waals surface area contributed by atoms with Gasteiger partial charge in [0.1, 0.15) is 12.1 Å². The Balaban J connectivity index is 4.85. The zero-order chi connectivity index (χ0) is 19.4. The van der Waals surface area contributed by atoms with Crippen molar-refractivity contribution in [2.24, 2.45) is 27.9 Å². The zero-order valence-corrected chi connectivity index (χ0v) is 13.7. The number of carbonyl (C=O) groups is 4. The van der Waals surface area contributed by atoms with Crippen molar-refractivity contribution in [3.8, 4) is 0 Å². The number of carboxylic acid groups (broad SMARTS) is 1. The first-order chi connectivity index (χ1) is 11.7. The van der Waals surface area contributed by atoms with Crippen LogP contribution in [0, 0.1) is 0 Å². The molecule has 2 atom stereocenters. The van der Waals surface area contributed by atoms with Crippen LogP contribution in [0.4, 0.5) is 0 Å². The van der Waals surface area contributed by atoms with Crippen molar-refractivity contribution < 1.29 is 24.3 Å². The van der Waals surface area contributed by atoms with Gasteiger partial charge in [0.15, 0.2) is 5.96 Å². The van der Waals surface area contributed by atoms with Crippen LogP contribution in [-0.2, 0) is 19.2 Å². The summed E-state index contributed by atoms with van der Waals surface area (Å²) < 4.78 is 0. The van der Waals surface area contributed by atoms with E-state index in [-0.39, 0.29) is 38.3 Å². The van der Waals surface area contributed by atoms with E-state index in [2.05, 4.69) is 15.6 Å². The Morgan fingerprint density at radius 2 is 1.64 bits per heavy atom. The molecule has 0 saturated carbocycles. The van der Waals surface area contributed by atoms with Crippen LogP contribution < -0.4 is 33.6 Å². The lowest BCUT2D eigenvalue weighted by Crippen LogP contribution is -2.52. The number of carboxylic acids is 1. The van der Waals surface area contributed by atoms with Crippen LogP contribution in [0.3, 0.4) is 0 Å². The first-order valence-electron chi connectivity index (χ1n) is 7.53. The molecular weight excluding hydrogens is 334 g/mol. The minimum atomic E-state index is -1.32. The summed E-state index contributed by atoms with van der Waals surface area (Å²) in [6.45, 7) is -0.101. The van der Waals surface area contributed by atoms with Crippen molar-refractivity contribution in [2.45, 2.75) is 37.8 Å². The predicted molar refractivity (Wildman–Crippen MR) is 88.9 cm³/mol. The molecule has 142 valence electrons. The first kappa shape index (κ1) is 22.1. The van der Waals surface area contributed by atoms with Crippen molar-refractivity contribution in [1.82, 2.24) is 10.6 Å². The van der Waals surface area contributed by atoms with Crippen molar-refractivity contribution >= 4 is 29.7 Å². The number of aliphatic carboxylic acids is 1. The molecule has 0 rings (SSSR count). The summed E-state index contributed by atoms with van der Waals surface area (Å²) in [6, 6.07) is -2.32. The predicted octanol–water partition coefficient (Wildman–Crippen LogP) is -3.68. The zero-order valence-electron chi connectivity index (χ0n) is 13.7. The number of rotatable bonds is 12. The number of nitrogens with two attached hydrogens (primary N) is 4. The van der Waals surface area contributed by atoms with Crippen LogP contribution >= 0.6 is 0 Å². The van der Waals surface area contributed by atoms with Gasteiger partial charge in [-0.15, -0.1) is 0 Å². The van der Waals surface area contributed by atoms with Crippen molar-refractivity contribution in [2.75, 3.05) is 13.1 Å². The molecule has 12 heteroatoms. The van der Waals surface area contributed by atoms with Gasteiger partial charge in [0.25, 0.3) is 0 Å². The quantitative estimate of drug-likeness (QED) is 0.104. The van der Waals surface area contributed by atoms with Gasteiger partial charge >= 0.3 is 5.97 Å². The number of nitrogens with zero attached hydrogens (tertiary/aromatic N) is 1. The summed E-state index contributed by atoms with van der Waals surface area (Å²) in [4.78, 5) is 49.4. The van der Waals surface area contributed by atoms with Gasteiger partial charge in [-0.25, -0.2) is 4.79 Å². The highest BCUT2D eigenvalue weighted by Crippen LogP contribution is 2.03. The molecule has 25 heavy (non-hydrogen) atoms. The fourth-order valence-corrected chi connectivity index (χ4v) is 1.84. The molecule has 11 N–H and O–H groups in total. The first-order valence-corrected chi connectivity index (χ1v) is 7.53. The fourth-order valence-electron chi connectivity index (χ4n) is 1.84. The Bertz CT molecular complexity index is 519. The van der Waals surface area contributed by atoms with Crippen molar-refractivity contribution in [3.63, 3.8) is 0 Å². The van der Waals surface area contributed by atoms with E-state index in [1.54, 1.807) is 0 Å². The second kappa shape index (κ2) is 11.6. The van der Waals surface area contributed by atoms with Gasteiger partial charge in [-0.1, -0.05) is 0 Å². The van der Waals surface area contributed by atoms with Crippen LogP contribution in [0.5, 0.6) is 0 Å². The van der Waals surface area contributed by atoms with Crippen LogP contribution in [-0.4, -0.2) is 59.9 Å². The number of amides is 3. The minimum absolute atomic E-state index is 0.107. The Hall–Kier alpha value is -2.89. The summed E-state index contributed by atoms with van der Waals surface area (Å²) in [5.74, 6) is -3.41. The second-order valence-electron chi connectivity index (χ2n) is 5.18. The molecule has 12 nitrogen and oxygen atoms in total. The molecule has 0 bridgehead atoms. The SMILES string of the molecule is NCC(=O)N[C@@H](CCCN=C(N)N)C(=O)N[C@@H](CCC(N)=O)C(=O)O. The topological polar surface area (TPSA) is 229 Å². The molecule has 0 heterocycles. The van der Waals surface area contributed by atoms with E-state index in [0.29, 0.717) is 6.42 Å². The number of hydrogen-bond acceptors (Lipinski definition) is 6. The van der Waals surface area contributed by atoms with E-state index in [1.807, 2.05) is 0 Å². The molecule has 0 spiro atoms. The van der Waals surface area contributed by atoms with Gasteiger partial charge in [-0.3, -0.25) is 19.4 Å². The number of carbonyl (C=O) groups excluding carboxylic acids is 3. The average molecular weight is 359 g/mol. The molecule has 0 aliphatic carbocycles. The summed E-state index contributed by atoms with van der Waals surface area (Å²) in [7, 11) is 0. The van der Waals surface area contributed by atoms with E-state index in [1.165, 1.54) is 0 Å². The Morgan fingerprint density at radius 1 is 1.00 bits per heavy atom. The van der Waals surface area contributed by atoms with Crippen LogP contribution in [0.15, 0.2) is 4.99 Å². The van der Waals surface area contributed by atoms with Gasteiger partial charge in [-0.2, -0.15) is 0 Å². The van der Waals surface area contributed by atoms with Gasteiger partial charge < -0.3 is 38.7 Å². The largest absolute Gasteiger partial charge is 0.480 e. The van der Waals surface area contributed by atoms with Crippen molar-refractivity contribution in [3.05, 3.63) is 0 Å². The fraction of sp³-hybridized carbons (Fsp3) is 0.615. The number of nitrogens with one attached hydrogen (secondary N) is 2. The highest BCUT2D eigenvalue weighted by Gasteiger charge is 2.26. The molecule has 0 aromatic carbocycles.